The normalized spacial score (nSPS) is 14.5. The van der Waals surface area contributed by atoms with Gasteiger partial charge in [0.1, 0.15) is 0 Å². The molecule has 1 aliphatic heterocycles. The van der Waals surface area contributed by atoms with Gasteiger partial charge in [-0.2, -0.15) is 5.06 Å². The Kier molecular flexibility index (Phi) is 3.74. The standard InChI is InChI=1S/C13H16N2O3/c1-3-18-14(2)8-9-15-12(16)10-6-4-5-7-11(10)13(15)17/h4-7H,3,8-9H2,1-2H3. The molecule has 0 spiro atoms. The number of hydrogen-bond donors (Lipinski definition) is 0. The van der Waals surface area contributed by atoms with E-state index in [9.17, 15) is 9.59 Å². The van der Waals surface area contributed by atoms with Crippen molar-refractivity contribution < 1.29 is 14.4 Å². The van der Waals surface area contributed by atoms with Crippen LogP contribution in [0.5, 0.6) is 0 Å². The average molecular weight is 248 g/mol. The van der Waals surface area contributed by atoms with E-state index in [1.54, 1.807) is 36.4 Å². The molecule has 5 heteroatoms. The van der Waals surface area contributed by atoms with Gasteiger partial charge >= 0.3 is 0 Å². The van der Waals surface area contributed by atoms with Crippen LogP contribution in [0.3, 0.4) is 0 Å². The molecule has 1 aliphatic rings. The SMILES string of the molecule is CCON(C)CCN1C(=O)c2ccccc2C1=O. The highest BCUT2D eigenvalue weighted by atomic mass is 16.7. The molecule has 2 amide bonds. The van der Waals surface area contributed by atoms with Gasteiger partial charge in [0, 0.05) is 20.1 Å². The van der Waals surface area contributed by atoms with Crippen LogP contribution in [-0.2, 0) is 4.84 Å². The zero-order chi connectivity index (χ0) is 13.1. The number of benzene rings is 1. The van der Waals surface area contributed by atoms with Crippen LogP contribution in [0.15, 0.2) is 24.3 Å². The molecule has 0 radical (unpaired) electrons. The minimum atomic E-state index is -0.222. The van der Waals surface area contributed by atoms with Gasteiger partial charge in [-0.3, -0.25) is 19.3 Å². The summed E-state index contributed by atoms with van der Waals surface area (Å²) in [4.78, 5) is 30.5. The Labute approximate surface area is 106 Å². The highest BCUT2D eigenvalue weighted by Gasteiger charge is 2.34. The molecular weight excluding hydrogens is 232 g/mol. The maximum absolute atomic E-state index is 12.0. The largest absolute Gasteiger partial charge is 0.300 e. The van der Waals surface area contributed by atoms with Crippen molar-refractivity contribution in [3.05, 3.63) is 35.4 Å². The third-order valence-corrected chi connectivity index (χ3v) is 2.87. The molecule has 1 aromatic carbocycles. The Bertz CT molecular complexity index is 438. The first-order valence-electron chi connectivity index (χ1n) is 5.94. The summed E-state index contributed by atoms with van der Waals surface area (Å²) in [5, 5.41) is 1.63. The lowest BCUT2D eigenvalue weighted by atomic mass is 10.1. The van der Waals surface area contributed by atoms with E-state index in [2.05, 4.69) is 0 Å². The molecular formula is C13H16N2O3. The van der Waals surface area contributed by atoms with Crippen molar-refractivity contribution in [3.8, 4) is 0 Å². The van der Waals surface area contributed by atoms with E-state index in [1.165, 1.54) is 4.90 Å². The Morgan fingerprint density at radius 2 is 1.72 bits per heavy atom. The van der Waals surface area contributed by atoms with Gasteiger partial charge < -0.3 is 0 Å². The van der Waals surface area contributed by atoms with Crippen LogP contribution < -0.4 is 0 Å². The molecule has 0 aromatic heterocycles. The predicted octanol–water partition coefficient (Wildman–Crippen LogP) is 1.17. The number of likely N-dealkylation sites (N-methyl/N-ethyl adjacent to an activating group) is 1. The van der Waals surface area contributed by atoms with Gasteiger partial charge in [-0.25, -0.2) is 0 Å². The molecule has 5 nitrogen and oxygen atoms in total. The van der Waals surface area contributed by atoms with Gasteiger partial charge in [0.25, 0.3) is 11.8 Å². The highest BCUT2D eigenvalue weighted by Crippen LogP contribution is 2.21. The van der Waals surface area contributed by atoms with Crippen molar-refractivity contribution in [2.75, 3.05) is 26.7 Å². The van der Waals surface area contributed by atoms with Gasteiger partial charge in [0.2, 0.25) is 0 Å². The molecule has 0 N–H and O–H groups in total. The lowest BCUT2D eigenvalue weighted by Crippen LogP contribution is -2.37. The minimum absolute atomic E-state index is 0.222. The first kappa shape index (κ1) is 12.7. The van der Waals surface area contributed by atoms with E-state index in [-0.39, 0.29) is 11.8 Å². The van der Waals surface area contributed by atoms with Crippen molar-refractivity contribution in [1.82, 2.24) is 9.96 Å². The Morgan fingerprint density at radius 1 is 1.17 bits per heavy atom. The third-order valence-electron chi connectivity index (χ3n) is 2.87. The number of amides is 2. The second kappa shape index (κ2) is 5.29. The van der Waals surface area contributed by atoms with Gasteiger partial charge in [-0.1, -0.05) is 12.1 Å². The quantitative estimate of drug-likeness (QED) is 0.579. The maximum atomic E-state index is 12.0. The summed E-state index contributed by atoms with van der Waals surface area (Å²) >= 11 is 0. The summed E-state index contributed by atoms with van der Waals surface area (Å²) < 4.78 is 0. The molecule has 0 unspecified atom stereocenters. The average Bonchev–Trinajstić information content (AvgIpc) is 2.61. The van der Waals surface area contributed by atoms with Crippen molar-refractivity contribution in [3.63, 3.8) is 0 Å². The minimum Gasteiger partial charge on any atom is -0.300 e. The van der Waals surface area contributed by atoms with Crippen LogP contribution in [0.2, 0.25) is 0 Å². The number of fused-ring (bicyclic) bond motifs is 1. The van der Waals surface area contributed by atoms with Crippen molar-refractivity contribution >= 4 is 11.8 Å². The Hall–Kier alpha value is -1.72. The van der Waals surface area contributed by atoms with Crippen LogP contribution in [0, 0.1) is 0 Å². The molecule has 96 valence electrons. The summed E-state index contributed by atoms with van der Waals surface area (Å²) in [5.41, 5.74) is 0.975. The molecule has 18 heavy (non-hydrogen) atoms. The molecule has 0 saturated carbocycles. The summed E-state index contributed by atoms with van der Waals surface area (Å²) in [7, 11) is 1.78. The predicted molar refractivity (Wildman–Crippen MR) is 66.1 cm³/mol. The smallest absolute Gasteiger partial charge is 0.261 e. The van der Waals surface area contributed by atoms with Crippen molar-refractivity contribution in [2.24, 2.45) is 0 Å². The zero-order valence-corrected chi connectivity index (χ0v) is 10.5. The molecule has 0 bridgehead atoms. The van der Waals surface area contributed by atoms with E-state index >= 15 is 0 Å². The summed E-state index contributed by atoms with van der Waals surface area (Å²) in [6.07, 6.45) is 0. The van der Waals surface area contributed by atoms with E-state index in [0.717, 1.165) is 0 Å². The number of hydroxylamine groups is 2. The van der Waals surface area contributed by atoms with Crippen LogP contribution in [0.4, 0.5) is 0 Å². The fourth-order valence-corrected chi connectivity index (χ4v) is 1.97. The zero-order valence-electron chi connectivity index (χ0n) is 10.5. The lowest BCUT2D eigenvalue weighted by molar-refractivity contribution is -0.135. The first-order chi connectivity index (χ1) is 8.65. The van der Waals surface area contributed by atoms with E-state index in [1.807, 2.05) is 6.92 Å². The lowest BCUT2D eigenvalue weighted by Gasteiger charge is -2.19. The number of nitrogens with zero attached hydrogens (tertiary/aromatic N) is 2. The van der Waals surface area contributed by atoms with E-state index in [0.29, 0.717) is 30.8 Å². The van der Waals surface area contributed by atoms with Gasteiger partial charge in [-0.15, -0.1) is 0 Å². The molecule has 0 fully saturated rings. The Morgan fingerprint density at radius 3 is 2.22 bits per heavy atom. The first-order valence-corrected chi connectivity index (χ1v) is 5.94. The summed E-state index contributed by atoms with van der Waals surface area (Å²) in [5.74, 6) is -0.444. The second-order valence-electron chi connectivity index (χ2n) is 4.08. The van der Waals surface area contributed by atoms with Crippen LogP contribution in [0.25, 0.3) is 0 Å². The third kappa shape index (κ3) is 2.27. The Balaban J connectivity index is 2.05. The number of carbonyl (C=O) groups excluding carboxylic acids is 2. The maximum Gasteiger partial charge on any atom is 0.261 e. The van der Waals surface area contributed by atoms with Crippen LogP contribution in [0.1, 0.15) is 27.6 Å². The number of carbonyl (C=O) groups is 2. The number of hydrogen-bond acceptors (Lipinski definition) is 4. The van der Waals surface area contributed by atoms with Crippen molar-refractivity contribution in [2.45, 2.75) is 6.92 Å². The van der Waals surface area contributed by atoms with E-state index < -0.39 is 0 Å². The molecule has 1 aromatic rings. The number of imide groups is 1. The van der Waals surface area contributed by atoms with Crippen LogP contribution in [-0.4, -0.2) is 48.5 Å². The fourth-order valence-electron chi connectivity index (χ4n) is 1.97. The summed E-state index contributed by atoms with van der Waals surface area (Å²) in [6.45, 7) is 3.29. The topological polar surface area (TPSA) is 49.9 Å². The van der Waals surface area contributed by atoms with Crippen LogP contribution >= 0.6 is 0 Å². The number of rotatable bonds is 5. The van der Waals surface area contributed by atoms with Gasteiger partial charge in [-0.05, 0) is 19.1 Å². The molecule has 1 heterocycles. The van der Waals surface area contributed by atoms with Crippen molar-refractivity contribution in [1.29, 1.82) is 0 Å². The molecule has 2 rings (SSSR count). The van der Waals surface area contributed by atoms with E-state index in [4.69, 9.17) is 4.84 Å². The molecule has 0 aliphatic carbocycles. The highest BCUT2D eigenvalue weighted by molar-refractivity contribution is 6.21. The second-order valence-corrected chi connectivity index (χ2v) is 4.08. The molecule has 0 atom stereocenters. The van der Waals surface area contributed by atoms with Gasteiger partial charge in [0.05, 0.1) is 17.7 Å². The summed E-state index contributed by atoms with van der Waals surface area (Å²) in [6, 6.07) is 6.89. The van der Waals surface area contributed by atoms with Gasteiger partial charge in [0.15, 0.2) is 0 Å². The fraction of sp³-hybridized carbons (Fsp3) is 0.385. The molecule has 0 saturated heterocycles. The monoisotopic (exact) mass is 248 g/mol.